The quantitative estimate of drug-likeness (QED) is 0.0320. The highest BCUT2D eigenvalue weighted by molar-refractivity contribution is 5.76. The highest BCUT2D eigenvalue weighted by Crippen LogP contribution is 2.17. The fourth-order valence-corrected chi connectivity index (χ4v) is 9.92. The second-order valence-electron chi connectivity index (χ2n) is 22.1. The first kappa shape index (κ1) is 70.1. The van der Waals surface area contributed by atoms with Crippen molar-refractivity contribution in [3.63, 3.8) is 0 Å². The monoisotopic (exact) mass is 1010 g/mol. The van der Waals surface area contributed by atoms with Crippen molar-refractivity contribution in [3.05, 3.63) is 36.5 Å². The number of aliphatic hydroxyl groups is 2. The van der Waals surface area contributed by atoms with Gasteiger partial charge in [-0.3, -0.25) is 9.59 Å². The van der Waals surface area contributed by atoms with Crippen molar-refractivity contribution in [1.82, 2.24) is 5.32 Å². The van der Waals surface area contributed by atoms with Gasteiger partial charge in [-0.05, 0) is 83.5 Å². The molecule has 0 saturated carbocycles. The Morgan fingerprint density at radius 2 is 0.653 bits per heavy atom. The molecular formula is C66H125NO5. The zero-order chi connectivity index (χ0) is 52.2. The van der Waals surface area contributed by atoms with Gasteiger partial charge in [0, 0.05) is 12.8 Å². The van der Waals surface area contributed by atoms with Crippen LogP contribution in [0.2, 0.25) is 0 Å². The van der Waals surface area contributed by atoms with Gasteiger partial charge in [0.15, 0.2) is 0 Å². The summed E-state index contributed by atoms with van der Waals surface area (Å²) < 4.78 is 5.48. The number of aliphatic hydroxyl groups excluding tert-OH is 2. The maximum Gasteiger partial charge on any atom is 0.305 e. The van der Waals surface area contributed by atoms with Gasteiger partial charge >= 0.3 is 5.97 Å². The first-order chi connectivity index (χ1) is 35.5. The van der Waals surface area contributed by atoms with Crippen molar-refractivity contribution >= 4 is 11.9 Å². The lowest BCUT2D eigenvalue weighted by molar-refractivity contribution is -0.143. The first-order valence-corrected chi connectivity index (χ1v) is 32.3. The molecule has 0 aromatic carbocycles. The van der Waals surface area contributed by atoms with Crippen molar-refractivity contribution in [2.45, 2.75) is 360 Å². The van der Waals surface area contributed by atoms with Crippen LogP contribution in [0.1, 0.15) is 348 Å². The van der Waals surface area contributed by atoms with E-state index in [2.05, 4.69) is 43.5 Å². The van der Waals surface area contributed by atoms with E-state index in [0.717, 1.165) is 44.9 Å². The SMILES string of the molecule is CCCCCCC/C=C\CCCCCCCC(=O)OCCCCCCCCCCCCCC/C=C\CCCCCCCCCCCCCCCCCC(=O)NC(CO)C(O)/C=C/CCCCCCCCCC. The number of allylic oxidation sites excluding steroid dienone is 5. The van der Waals surface area contributed by atoms with E-state index in [1.54, 1.807) is 6.08 Å². The largest absolute Gasteiger partial charge is 0.466 e. The van der Waals surface area contributed by atoms with Crippen LogP contribution in [0.4, 0.5) is 0 Å². The van der Waals surface area contributed by atoms with Crippen molar-refractivity contribution in [2.24, 2.45) is 0 Å². The number of ether oxygens (including phenoxy) is 1. The fourth-order valence-electron chi connectivity index (χ4n) is 9.92. The van der Waals surface area contributed by atoms with Crippen molar-refractivity contribution in [2.75, 3.05) is 13.2 Å². The van der Waals surface area contributed by atoms with Crippen LogP contribution in [0.15, 0.2) is 36.5 Å². The molecule has 424 valence electrons. The van der Waals surface area contributed by atoms with Gasteiger partial charge in [0.05, 0.1) is 25.4 Å². The molecule has 2 atom stereocenters. The smallest absolute Gasteiger partial charge is 0.305 e. The molecule has 72 heavy (non-hydrogen) atoms. The standard InChI is InChI=1S/C66H125NO5/c1-3-5-7-9-11-13-15-16-37-40-44-48-52-56-60-66(71)72-61-57-53-49-45-41-38-35-33-31-29-27-25-23-21-19-17-18-20-22-24-26-28-30-32-34-36-39-43-47-51-55-59-65(70)67-63(62-68)64(69)58-54-50-46-42-14-12-10-8-6-4-2/h15-16,19,21,54,58,63-64,68-69H,3-14,17-18,20,22-53,55-57,59-62H2,1-2H3,(H,67,70)/b16-15-,21-19-,58-54+. The van der Waals surface area contributed by atoms with Crippen LogP contribution in [-0.4, -0.2) is 47.4 Å². The van der Waals surface area contributed by atoms with Crippen LogP contribution in [0.5, 0.6) is 0 Å². The third kappa shape index (κ3) is 57.4. The lowest BCUT2D eigenvalue weighted by Crippen LogP contribution is -2.45. The van der Waals surface area contributed by atoms with Crippen molar-refractivity contribution in [3.8, 4) is 0 Å². The maximum absolute atomic E-state index is 12.4. The number of hydrogen-bond acceptors (Lipinski definition) is 5. The molecule has 0 aromatic rings. The Balaban J connectivity index is 3.35. The summed E-state index contributed by atoms with van der Waals surface area (Å²) in [6.07, 6.45) is 77.9. The summed E-state index contributed by atoms with van der Waals surface area (Å²) >= 11 is 0. The third-order valence-electron chi connectivity index (χ3n) is 14.9. The average Bonchev–Trinajstić information content (AvgIpc) is 3.38. The number of unbranched alkanes of at least 4 members (excludes halogenated alkanes) is 45. The zero-order valence-corrected chi connectivity index (χ0v) is 48.4. The maximum atomic E-state index is 12.4. The van der Waals surface area contributed by atoms with Crippen molar-refractivity contribution in [1.29, 1.82) is 0 Å². The highest BCUT2D eigenvalue weighted by Gasteiger charge is 2.18. The second kappa shape index (κ2) is 61.6. The Bertz CT molecular complexity index is 1170. The molecule has 6 heteroatoms. The van der Waals surface area contributed by atoms with Gasteiger partial charge in [0.1, 0.15) is 0 Å². The molecule has 0 aliphatic heterocycles. The molecule has 0 aromatic heterocycles. The Morgan fingerprint density at radius 1 is 0.375 bits per heavy atom. The van der Waals surface area contributed by atoms with E-state index in [9.17, 15) is 19.8 Å². The summed E-state index contributed by atoms with van der Waals surface area (Å²) in [5, 5.41) is 23.0. The molecule has 0 aliphatic carbocycles. The van der Waals surface area contributed by atoms with Gasteiger partial charge in [-0.2, -0.15) is 0 Å². The molecule has 0 radical (unpaired) electrons. The number of carbonyl (C=O) groups is 2. The van der Waals surface area contributed by atoms with E-state index in [0.29, 0.717) is 19.4 Å². The van der Waals surface area contributed by atoms with E-state index < -0.39 is 12.1 Å². The highest BCUT2D eigenvalue weighted by atomic mass is 16.5. The molecule has 0 heterocycles. The number of esters is 1. The minimum Gasteiger partial charge on any atom is -0.466 e. The summed E-state index contributed by atoms with van der Waals surface area (Å²) in [6.45, 7) is 4.89. The summed E-state index contributed by atoms with van der Waals surface area (Å²) in [4.78, 5) is 24.5. The van der Waals surface area contributed by atoms with Crippen molar-refractivity contribution < 1.29 is 24.5 Å². The number of rotatable bonds is 60. The molecule has 0 saturated heterocycles. The lowest BCUT2D eigenvalue weighted by Gasteiger charge is -2.20. The van der Waals surface area contributed by atoms with Crippen LogP contribution in [0.25, 0.3) is 0 Å². The van der Waals surface area contributed by atoms with E-state index >= 15 is 0 Å². The van der Waals surface area contributed by atoms with Crippen LogP contribution in [0.3, 0.4) is 0 Å². The van der Waals surface area contributed by atoms with E-state index in [4.69, 9.17) is 4.74 Å². The van der Waals surface area contributed by atoms with Gasteiger partial charge in [-0.25, -0.2) is 0 Å². The van der Waals surface area contributed by atoms with Crippen LogP contribution in [0, 0.1) is 0 Å². The van der Waals surface area contributed by atoms with Gasteiger partial charge in [-0.1, -0.05) is 288 Å². The average molecular weight is 1010 g/mol. The fraction of sp³-hybridized carbons (Fsp3) is 0.879. The molecule has 1 amide bonds. The molecule has 0 aliphatic rings. The molecule has 0 bridgehead atoms. The molecule has 0 spiro atoms. The summed E-state index contributed by atoms with van der Waals surface area (Å²) in [5.74, 6) is -0.0584. The predicted molar refractivity (Wildman–Crippen MR) is 315 cm³/mol. The Hall–Kier alpha value is -1.92. The molecule has 0 fully saturated rings. The van der Waals surface area contributed by atoms with Gasteiger partial charge in [-0.15, -0.1) is 0 Å². The minimum absolute atomic E-state index is 0.00874. The number of carbonyl (C=O) groups excluding carboxylic acids is 2. The topological polar surface area (TPSA) is 95.9 Å². The van der Waals surface area contributed by atoms with Crippen LogP contribution in [-0.2, 0) is 14.3 Å². The molecule has 6 nitrogen and oxygen atoms in total. The van der Waals surface area contributed by atoms with E-state index in [-0.39, 0.29) is 18.5 Å². The first-order valence-electron chi connectivity index (χ1n) is 32.3. The van der Waals surface area contributed by atoms with Gasteiger partial charge < -0.3 is 20.3 Å². The van der Waals surface area contributed by atoms with E-state index in [1.165, 1.54) is 276 Å². The summed E-state index contributed by atoms with van der Waals surface area (Å²) in [7, 11) is 0. The van der Waals surface area contributed by atoms with Crippen LogP contribution < -0.4 is 5.32 Å². The second-order valence-corrected chi connectivity index (χ2v) is 22.1. The van der Waals surface area contributed by atoms with Gasteiger partial charge in [0.25, 0.3) is 0 Å². The Morgan fingerprint density at radius 3 is 0.986 bits per heavy atom. The minimum atomic E-state index is -0.841. The number of nitrogens with one attached hydrogen (secondary N) is 1. The third-order valence-corrected chi connectivity index (χ3v) is 14.9. The summed E-state index contributed by atoms with van der Waals surface area (Å²) in [5.41, 5.74) is 0. The van der Waals surface area contributed by atoms with Gasteiger partial charge in [0.2, 0.25) is 5.91 Å². The zero-order valence-electron chi connectivity index (χ0n) is 48.4. The van der Waals surface area contributed by atoms with Crippen LogP contribution >= 0.6 is 0 Å². The Labute approximate surface area is 449 Å². The Kier molecular flexibility index (Phi) is 60.0. The number of hydrogen-bond donors (Lipinski definition) is 3. The van der Waals surface area contributed by atoms with E-state index in [1.807, 2.05) is 6.08 Å². The number of amides is 1. The molecule has 2 unspecified atom stereocenters. The molecule has 0 rings (SSSR count). The lowest BCUT2D eigenvalue weighted by atomic mass is 10.0. The molecule has 3 N–H and O–H groups in total. The molecular weight excluding hydrogens is 887 g/mol. The predicted octanol–water partition coefficient (Wildman–Crippen LogP) is 20.4. The normalized spacial score (nSPS) is 12.8. The summed E-state index contributed by atoms with van der Waals surface area (Å²) in [6, 6.07) is -0.624.